The number of hydrogen-bond donors (Lipinski definition) is 0. The molecule has 3 atom stereocenters. The zero-order valence-electron chi connectivity index (χ0n) is 16.2. The van der Waals surface area contributed by atoms with Gasteiger partial charge in [0.25, 0.3) is 0 Å². The van der Waals surface area contributed by atoms with E-state index in [2.05, 4.69) is 46.2 Å². The Bertz CT molecular complexity index is 775. The molecule has 0 unspecified atom stereocenters. The molecule has 27 heavy (non-hydrogen) atoms. The molecule has 0 saturated carbocycles. The standard InChI is InChI=1S/C21H28N4O2/c1-3-8-19-22-20(27-23-19)14-24(2)21(26)16-13-18(15-9-5-4-6-10-15)25-12-7-11-17(16)25/h4-6,9-10,16-18H,3,7-8,11-14H2,1-2H3/t16-,17+,18-/m0/s1. The third-order valence-electron chi connectivity index (χ3n) is 5.92. The van der Waals surface area contributed by atoms with Crippen molar-refractivity contribution in [1.29, 1.82) is 0 Å². The average Bonchev–Trinajstić information content (AvgIpc) is 3.39. The first-order chi connectivity index (χ1) is 13.2. The topological polar surface area (TPSA) is 62.5 Å². The smallest absolute Gasteiger partial charge is 0.246 e. The summed E-state index contributed by atoms with van der Waals surface area (Å²) in [5.74, 6) is 1.48. The van der Waals surface area contributed by atoms with Crippen LogP contribution in [0.25, 0.3) is 0 Å². The number of carbonyl (C=O) groups is 1. The molecule has 3 heterocycles. The quantitative estimate of drug-likeness (QED) is 0.783. The molecule has 2 saturated heterocycles. The molecule has 1 aromatic heterocycles. The SMILES string of the molecule is CCCc1noc(CN(C)C(=O)[C@H]2C[C@@H](c3ccccc3)N3CCC[C@H]23)n1. The number of aromatic nitrogens is 2. The Morgan fingerprint density at radius 2 is 2.15 bits per heavy atom. The minimum Gasteiger partial charge on any atom is -0.337 e. The van der Waals surface area contributed by atoms with Crippen LogP contribution in [0.15, 0.2) is 34.9 Å². The number of fused-ring (bicyclic) bond motifs is 1. The Morgan fingerprint density at radius 3 is 2.93 bits per heavy atom. The van der Waals surface area contributed by atoms with Crippen molar-refractivity contribution in [2.45, 2.75) is 57.7 Å². The van der Waals surface area contributed by atoms with E-state index in [4.69, 9.17) is 4.52 Å². The Morgan fingerprint density at radius 1 is 1.33 bits per heavy atom. The summed E-state index contributed by atoms with van der Waals surface area (Å²) in [4.78, 5) is 21.9. The first kappa shape index (κ1) is 18.2. The highest BCUT2D eigenvalue weighted by molar-refractivity contribution is 5.80. The minimum atomic E-state index is 0.0424. The number of aryl methyl sites for hydroxylation is 1. The van der Waals surface area contributed by atoms with Crippen LogP contribution < -0.4 is 0 Å². The maximum Gasteiger partial charge on any atom is 0.246 e. The molecule has 2 aliphatic rings. The third-order valence-corrected chi connectivity index (χ3v) is 5.92. The van der Waals surface area contributed by atoms with E-state index in [0.717, 1.165) is 38.1 Å². The van der Waals surface area contributed by atoms with Gasteiger partial charge in [0.1, 0.15) is 0 Å². The van der Waals surface area contributed by atoms with Crippen molar-refractivity contribution < 1.29 is 9.32 Å². The molecule has 1 aromatic carbocycles. The Labute approximate surface area is 160 Å². The highest BCUT2D eigenvalue weighted by atomic mass is 16.5. The lowest BCUT2D eigenvalue weighted by Gasteiger charge is -2.25. The van der Waals surface area contributed by atoms with Crippen LogP contribution in [0.3, 0.4) is 0 Å². The maximum atomic E-state index is 13.2. The fourth-order valence-corrected chi connectivity index (χ4v) is 4.68. The van der Waals surface area contributed by atoms with Crippen LogP contribution in [0.4, 0.5) is 0 Å². The molecular weight excluding hydrogens is 340 g/mol. The first-order valence-corrected chi connectivity index (χ1v) is 10.0. The summed E-state index contributed by atoms with van der Waals surface area (Å²) in [5.41, 5.74) is 1.32. The van der Waals surface area contributed by atoms with E-state index in [1.54, 1.807) is 4.90 Å². The lowest BCUT2D eigenvalue weighted by atomic mass is 9.93. The van der Waals surface area contributed by atoms with Gasteiger partial charge in [-0.3, -0.25) is 9.69 Å². The molecule has 6 heteroatoms. The summed E-state index contributed by atoms with van der Waals surface area (Å²) in [6, 6.07) is 11.3. The average molecular weight is 368 g/mol. The van der Waals surface area contributed by atoms with Crippen molar-refractivity contribution in [2.24, 2.45) is 5.92 Å². The Balaban J connectivity index is 1.46. The van der Waals surface area contributed by atoms with Crippen LogP contribution >= 0.6 is 0 Å². The van der Waals surface area contributed by atoms with Crippen molar-refractivity contribution in [3.63, 3.8) is 0 Å². The van der Waals surface area contributed by atoms with Crippen molar-refractivity contribution in [2.75, 3.05) is 13.6 Å². The molecule has 2 aliphatic heterocycles. The predicted molar refractivity (Wildman–Crippen MR) is 102 cm³/mol. The second-order valence-corrected chi connectivity index (χ2v) is 7.76. The molecule has 0 N–H and O–H groups in total. The zero-order valence-corrected chi connectivity index (χ0v) is 16.2. The summed E-state index contributed by atoms with van der Waals surface area (Å²) in [6.45, 7) is 3.55. The molecule has 144 valence electrons. The van der Waals surface area contributed by atoms with Gasteiger partial charge in [-0.25, -0.2) is 0 Å². The van der Waals surface area contributed by atoms with Gasteiger partial charge in [0.15, 0.2) is 5.82 Å². The Kier molecular flexibility index (Phi) is 5.25. The number of carbonyl (C=O) groups excluding carboxylic acids is 1. The van der Waals surface area contributed by atoms with Crippen molar-refractivity contribution in [3.05, 3.63) is 47.6 Å². The van der Waals surface area contributed by atoms with E-state index in [1.165, 1.54) is 12.0 Å². The van der Waals surface area contributed by atoms with E-state index < -0.39 is 0 Å². The van der Waals surface area contributed by atoms with Gasteiger partial charge in [-0.05, 0) is 37.8 Å². The highest BCUT2D eigenvalue weighted by Gasteiger charge is 2.47. The second-order valence-electron chi connectivity index (χ2n) is 7.76. The predicted octanol–water partition coefficient (Wildman–Crippen LogP) is 3.21. The monoisotopic (exact) mass is 368 g/mol. The van der Waals surface area contributed by atoms with E-state index in [-0.39, 0.29) is 11.8 Å². The molecule has 0 bridgehead atoms. The fourth-order valence-electron chi connectivity index (χ4n) is 4.68. The van der Waals surface area contributed by atoms with Crippen molar-refractivity contribution >= 4 is 5.91 Å². The van der Waals surface area contributed by atoms with Gasteiger partial charge in [-0.2, -0.15) is 4.98 Å². The van der Waals surface area contributed by atoms with Gasteiger partial charge >= 0.3 is 0 Å². The van der Waals surface area contributed by atoms with Gasteiger partial charge < -0.3 is 9.42 Å². The third kappa shape index (κ3) is 3.63. The van der Waals surface area contributed by atoms with Gasteiger partial charge in [0.05, 0.1) is 12.5 Å². The highest BCUT2D eigenvalue weighted by Crippen LogP contribution is 2.45. The maximum absolute atomic E-state index is 13.2. The summed E-state index contributed by atoms with van der Waals surface area (Å²) in [7, 11) is 1.85. The lowest BCUT2D eigenvalue weighted by molar-refractivity contribution is -0.135. The lowest BCUT2D eigenvalue weighted by Crippen LogP contribution is -2.38. The molecule has 2 aromatic rings. The van der Waals surface area contributed by atoms with E-state index in [0.29, 0.717) is 24.5 Å². The summed E-state index contributed by atoms with van der Waals surface area (Å²) >= 11 is 0. The molecule has 0 radical (unpaired) electrons. The van der Waals surface area contributed by atoms with Crippen LogP contribution in [0.2, 0.25) is 0 Å². The number of nitrogens with zero attached hydrogens (tertiary/aromatic N) is 4. The van der Waals surface area contributed by atoms with Crippen LogP contribution in [0.1, 0.15) is 55.9 Å². The van der Waals surface area contributed by atoms with Gasteiger partial charge in [0.2, 0.25) is 11.8 Å². The molecule has 1 amide bonds. The van der Waals surface area contributed by atoms with Crippen molar-refractivity contribution in [3.8, 4) is 0 Å². The normalized spacial score (nSPS) is 24.9. The van der Waals surface area contributed by atoms with Crippen LogP contribution in [0, 0.1) is 5.92 Å². The molecule has 2 fully saturated rings. The Hall–Kier alpha value is -2.21. The minimum absolute atomic E-state index is 0.0424. The van der Waals surface area contributed by atoms with Crippen LogP contribution in [-0.2, 0) is 17.8 Å². The number of benzene rings is 1. The summed E-state index contributed by atoms with van der Waals surface area (Å²) < 4.78 is 5.31. The van der Waals surface area contributed by atoms with Crippen LogP contribution in [-0.4, -0.2) is 45.5 Å². The van der Waals surface area contributed by atoms with Gasteiger partial charge in [-0.1, -0.05) is 42.4 Å². The molecule has 0 aliphatic carbocycles. The summed E-state index contributed by atoms with van der Waals surface area (Å²) in [5, 5.41) is 3.99. The number of hydrogen-bond acceptors (Lipinski definition) is 5. The van der Waals surface area contributed by atoms with E-state index in [9.17, 15) is 4.79 Å². The van der Waals surface area contributed by atoms with Gasteiger partial charge in [0, 0.05) is 25.6 Å². The number of amides is 1. The zero-order chi connectivity index (χ0) is 18.8. The molecule has 4 rings (SSSR count). The molecule has 6 nitrogen and oxygen atoms in total. The van der Waals surface area contributed by atoms with Gasteiger partial charge in [-0.15, -0.1) is 0 Å². The van der Waals surface area contributed by atoms with Crippen LogP contribution in [0.5, 0.6) is 0 Å². The van der Waals surface area contributed by atoms with E-state index in [1.807, 2.05) is 13.1 Å². The second kappa shape index (κ2) is 7.80. The number of rotatable bonds is 6. The first-order valence-electron chi connectivity index (χ1n) is 10.0. The van der Waals surface area contributed by atoms with Crippen molar-refractivity contribution in [1.82, 2.24) is 19.9 Å². The van der Waals surface area contributed by atoms with E-state index >= 15 is 0 Å². The summed E-state index contributed by atoms with van der Waals surface area (Å²) in [6.07, 6.45) is 4.96. The molecule has 0 spiro atoms. The fraction of sp³-hybridized carbons (Fsp3) is 0.571. The largest absolute Gasteiger partial charge is 0.337 e. The molecular formula is C21H28N4O2.